The van der Waals surface area contributed by atoms with Crippen molar-refractivity contribution in [1.82, 2.24) is 4.90 Å². The summed E-state index contributed by atoms with van der Waals surface area (Å²) in [4.78, 5) is 13.4. The number of likely N-dealkylation sites (tertiary alicyclic amines) is 1. The van der Waals surface area contributed by atoms with Gasteiger partial charge in [-0.1, -0.05) is 0 Å². The van der Waals surface area contributed by atoms with Gasteiger partial charge in [-0.2, -0.15) is 0 Å². The van der Waals surface area contributed by atoms with E-state index < -0.39 is 0 Å². The quantitative estimate of drug-likeness (QED) is 0.559. The van der Waals surface area contributed by atoms with Crippen LogP contribution in [0.2, 0.25) is 0 Å². The molecule has 0 N–H and O–H groups in total. The molecule has 4 heteroatoms. The molecule has 0 amide bonds. The second-order valence-corrected chi connectivity index (χ2v) is 4.77. The minimum atomic E-state index is 0.542. The molecule has 1 aromatic carbocycles. The zero-order valence-electron chi connectivity index (χ0n) is 11.4. The molecule has 0 atom stereocenters. The molecule has 104 valence electrons. The Balaban J connectivity index is 1.79. The molecule has 4 nitrogen and oxygen atoms in total. The van der Waals surface area contributed by atoms with E-state index in [9.17, 15) is 4.79 Å². The van der Waals surface area contributed by atoms with Gasteiger partial charge in [0.1, 0.15) is 11.5 Å². The van der Waals surface area contributed by atoms with Crippen LogP contribution in [0, 0.1) is 0 Å². The largest absolute Gasteiger partial charge is 0.497 e. The fourth-order valence-corrected chi connectivity index (χ4v) is 2.35. The zero-order valence-corrected chi connectivity index (χ0v) is 11.4. The van der Waals surface area contributed by atoms with Crippen LogP contribution in [0.5, 0.6) is 11.5 Å². The number of methoxy groups -OCH3 is 1. The van der Waals surface area contributed by atoms with Crippen molar-refractivity contribution in [3.8, 4) is 11.5 Å². The summed E-state index contributed by atoms with van der Waals surface area (Å²) in [6.45, 7) is 4.14. The molecule has 0 spiro atoms. The van der Waals surface area contributed by atoms with Crippen LogP contribution >= 0.6 is 0 Å². The average Bonchev–Trinajstić information content (AvgIpc) is 2.96. The van der Waals surface area contributed by atoms with Gasteiger partial charge in [-0.25, -0.2) is 0 Å². The van der Waals surface area contributed by atoms with Crippen molar-refractivity contribution in [3.05, 3.63) is 23.8 Å². The number of hydrogen-bond donors (Lipinski definition) is 0. The smallest absolute Gasteiger partial charge is 0.153 e. The molecular formula is C15H21NO3. The molecule has 0 unspecified atom stereocenters. The molecule has 1 aliphatic rings. The van der Waals surface area contributed by atoms with Crippen LogP contribution in [0.25, 0.3) is 0 Å². The lowest BCUT2D eigenvalue weighted by atomic mass is 10.2. The van der Waals surface area contributed by atoms with E-state index in [1.54, 1.807) is 19.2 Å². The van der Waals surface area contributed by atoms with Crippen LogP contribution in [0.15, 0.2) is 18.2 Å². The molecule has 1 aliphatic heterocycles. The highest BCUT2D eigenvalue weighted by Crippen LogP contribution is 2.22. The summed E-state index contributed by atoms with van der Waals surface area (Å²) in [7, 11) is 1.58. The third-order valence-electron chi connectivity index (χ3n) is 3.42. The fraction of sp³-hybridized carbons (Fsp3) is 0.533. The lowest BCUT2D eigenvalue weighted by molar-refractivity contribution is 0.111. The normalized spacial score (nSPS) is 15.4. The molecule has 1 heterocycles. The maximum Gasteiger partial charge on any atom is 0.153 e. The molecule has 0 aromatic heterocycles. The van der Waals surface area contributed by atoms with Crippen LogP contribution in [0.1, 0.15) is 29.6 Å². The van der Waals surface area contributed by atoms with E-state index in [2.05, 4.69) is 4.90 Å². The van der Waals surface area contributed by atoms with E-state index in [4.69, 9.17) is 9.47 Å². The maximum absolute atomic E-state index is 11.0. The van der Waals surface area contributed by atoms with E-state index in [1.807, 2.05) is 6.07 Å². The first-order valence-electron chi connectivity index (χ1n) is 6.82. The lowest BCUT2D eigenvalue weighted by Gasteiger charge is -2.15. The molecule has 0 radical (unpaired) electrons. The van der Waals surface area contributed by atoms with Gasteiger partial charge in [-0.15, -0.1) is 0 Å². The van der Waals surface area contributed by atoms with E-state index in [1.165, 1.54) is 25.9 Å². The van der Waals surface area contributed by atoms with E-state index in [0.29, 0.717) is 23.7 Å². The first-order valence-corrected chi connectivity index (χ1v) is 6.82. The number of rotatable bonds is 7. The van der Waals surface area contributed by atoms with Gasteiger partial charge in [0.2, 0.25) is 0 Å². The van der Waals surface area contributed by atoms with Crippen LogP contribution in [-0.2, 0) is 0 Å². The lowest BCUT2D eigenvalue weighted by Crippen LogP contribution is -2.22. The second-order valence-electron chi connectivity index (χ2n) is 4.77. The van der Waals surface area contributed by atoms with Gasteiger partial charge < -0.3 is 14.4 Å². The molecule has 19 heavy (non-hydrogen) atoms. The molecule has 0 saturated carbocycles. The molecule has 0 aliphatic carbocycles. The number of hydrogen-bond acceptors (Lipinski definition) is 4. The standard InChI is InChI=1S/C15H21NO3/c1-18-14-5-6-15(13(11-14)12-17)19-10-4-9-16-7-2-3-8-16/h5-6,11-12H,2-4,7-10H2,1H3. The summed E-state index contributed by atoms with van der Waals surface area (Å²) in [6, 6.07) is 5.30. The number of aldehydes is 1. The van der Waals surface area contributed by atoms with Crippen LogP contribution < -0.4 is 9.47 Å². The van der Waals surface area contributed by atoms with Gasteiger partial charge in [0.05, 0.1) is 19.3 Å². The van der Waals surface area contributed by atoms with Crippen LogP contribution in [-0.4, -0.2) is 44.5 Å². The van der Waals surface area contributed by atoms with Gasteiger partial charge in [0.25, 0.3) is 0 Å². The molecule has 2 rings (SSSR count). The average molecular weight is 263 g/mol. The molecular weight excluding hydrogens is 242 g/mol. The second kappa shape index (κ2) is 7.14. The molecule has 1 saturated heterocycles. The third-order valence-corrected chi connectivity index (χ3v) is 3.42. The Hall–Kier alpha value is -1.55. The van der Waals surface area contributed by atoms with Crippen molar-refractivity contribution in [2.45, 2.75) is 19.3 Å². The number of benzene rings is 1. The Morgan fingerprint density at radius 2 is 2.11 bits per heavy atom. The van der Waals surface area contributed by atoms with Crippen molar-refractivity contribution in [2.75, 3.05) is 33.4 Å². The summed E-state index contributed by atoms with van der Waals surface area (Å²) >= 11 is 0. The molecule has 0 bridgehead atoms. The number of nitrogens with zero attached hydrogens (tertiary/aromatic N) is 1. The van der Waals surface area contributed by atoms with Gasteiger partial charge >= 0.3 is 0 Å². The minimum Gasteiger partial charge on any atom is -0.497 e. The number of ether oxygens (including phenoxy) is 2. The van der Waals surface area contributed by atoms with Gasteiger partial charge in [0.15, 0.2) is 6.29 Å². The number of carbonyl (C=O) groups is 1. The monoisotopic (exact) mass is 263 g/mol. The summed E-state index contributed by atoms with van der Waals surface area (Å²) in [5.41, 5.74) is 0.542. The summed E-state index contributed by atoms with van der Waals surface area (Å²) in [5.74, 6) is 1.31. The Bertz CT molecular complexity index is 414. The van der Waals surface area contributed by atoms with E-state index in [-0.39, 0.29) is 0 Å². The summed E-state index contributed by atoms with van der Waals surface area (Å²) in [5, 5.41) is 0. The SMILES string of the molecule is COc1ccc(OCCCN2CCCC2)c(C=O)c1. The van der Waals surface area contributed by atoms with E-state index in [0.717, 1.165) is 19.3 Å². The Kier molecular flexibility index (Phi) is 5.21. The van der Waals surface area contributed by atoms with Gasteiger partial charge in [-0.05, 0) is 50.6 Å². The summed E-state index contributed by atoms with van der Waals surface area (Å²) in [6.07, 6.45) is 4.42. The summed E-state index contributed by atoms with van der Waals surface area (Å²) < 4.78 is 10.8. The van der Waals surface area contributed by atoms with Crippen molar-refractivity contribution < 1.29 is 14.3 Å². The fourth-order valence-electron chi connectivity index (χ4n) is 2.35. The zero-order chi connectivity index (χ0) is 13.5. The first kappa shape index (κ1) is 13.9. The van der Waals surface area contributed by atoms with E-state index >= 15 is 0 Å². The minimum absolute atomic E-state index is 0.542. The maximum atomic E-state index is 11.0. The van der Waals surface area contributed by atoms with Crippen LogP contribution in [0.3, 0.4) is 0 Å². The predicted octanol–water partition coefficient (Wildman–Crippen LogP) is 2.37. The molecule has 1 fully saturated rings. The highest BCUT2D eigenvalue weighted by atomic mass is 16.5. The third kappa shape index (κ3) is 3.96. The predicted molar refractivity (Wildman–Crippen MR) is 74.2 cm³/mol. The first-order chi connectivity index (χ1) is 9.33. The Morgan fingerprint density at radius 1 is 1.32 bits per heavy atom. The highest BCUT2D eigenvalue weighted by Gasteiger charge is 2.10. The molecule has 1 aromatic rings. The van der Waals surface area contributed by atoms with Crippen molar-refractivity contribution in [1.29, 1.82) is 0 Å². The van der Waals surface area contributed by atoms with Crippen molar-refractivity contribution in [3.63, 3.8) is 0 Å². The van der Waals surface area contributed by atoms with Gasteiger partial charge in [0, 0.05) is 6.54 Å². The van der Waals surface area contributed by atoms with Gasteiger partial charge in [-0.3, -0.25) is 4.79 Å². The van der Waals surface area contributed by atoms with Crippen LogP contribution in [0.4, 0.5) is 0 Å². The highest BCUT2D eigenvalue weighted by molar-refractivity contribution is 5.80. The topological polar surface area (TPSA) is 38.8 Å². The van der Waals surface area contributed by atoms with Crippen molar-refractivity contribution >= 4 is 6.29 Å². The Morgan fingerprint density at radius 3 is 2.79 bits per heavy atom. The Labute approximate surface area is 114 Å². The van der Waals surface area contributed by atoms with Crippen molar-refractivity contribution in [2.24, 2.45) is 0 Å². The number of carbonyl (C=O) groups excluding carboxylic acids is 1.